The second-order valence-electron chi connectivity index (χ2n) is 6.37. The van der Waals surface area contributed by atoms with Gasteiger partial charge in [-0.3, -0.25) is 0 Å². The van der Waals surface area contributed by atoms with Gasteiger partial charge in [0.1, 0.15) is 0 Å². The van der Waals surface area contributed by atoms with Crippen LogP contribution in [0.5, 0.6) is 0 Å². The molecule has 19 heavy (non-hydrogen) atoms. The maximum absolute atomic E-state index is 3.75. The number of rotatable bonds is 9. The minimum absolute atomic E-state index is 0.400. The zero-order valence-corrected chi connectivity index (χ0v) is 13.2. The Morgan fingerprint density at radius 2 is 1.74 bits per heavy atom. The summed E-state index contributed by atoms with van der Waals surface area (Å²) in [4.78, 5) is 0. The number of hydrogen-bond donors (Lipinski definition) is 1. The Hall–Kier alpha value is -0.820. The molecule has 1 aromatic rings. The number of nitrogens with one attached hydrogen (secondary N) is 1. The minimum Gasteiger partial charge on any atom is -0.309 e. The predicted molar refractivity (Wildman–Crippen MR) is 85.4 cm³/mol. The van der Waals surface area contributed by atoms with Crippen LogP contribution in [0.2, 0.25) is 0 Å². The molecule has 1 nitrogen and oxygen atoms in total. The van der Waals surface area contributed by atoms with Gasteiger partial charge in [0.2, 0.25) is 0 Å². The van der Waals surface area contributed by atoms with Crippen LogP contribution in [0.1, 0.15) is 71.4 Å². The molecule has 0 spiro atoms. The molecular weight excluding hydrogens is 230 g/mol. The van der Waals surface area contributed by atoms with Crippen molar-refractivity contribution in [2.45, 2.75) is 65.8 Å². The van der Waals surface area contributed by atoms with Crippen LogP contribution in [0.4, 0.5) is 0 Å². The van der Waals surface area contributed by atoms with Crippen LogP contribution in [0.15, 0.2) is 30.3 Å². The molecule has 1 heteroatoms. The third-order valence-corrected chi connectivity index (χ3v) is 3.89. The van der Waals surface area contributed by atoms with Gasteiger partial charge < -0.3 is 5.32 Å². The van der Waals surface area contributed by atoms with Gasteiger partial charge in [-0.15, -0.1) is 0 Å². The highest BCUT2D eigenvalue weighted by molar-refractivity contribution is 5.18. The first-order chi connectivity index (χ1) is 9.09. The van der Waals surface area contributed by atoms with E-state index in [1.807, 2.05) is 0 Å². The Bertz CT molecular complexity index is 329. The molecule has 1 aromatic carbocycles. The second kappa shape index (κ2) is 8.37. The van der Waals surface area contributed by atoms with Gasteiger partial charge in [-0.1, -0.05) is 77.3 Å². The van der Waals surface area contributed by atoms with Crippen molar-refractivity contribution in [3.63, 3.8) is 0 Å². The van der Waals surface area contributed by atoms with Crippen molar-refractivity contribution in [3.8, 4) is 0 Å². The lowest BCUT2D eigenvalue weighted by molar-refractivity contribution is 0.285. The zero-order valence-electron chi connectivity index (χ0n) is 13.2. The topological polar surface area (TPSA) is 12.0 Å². The normalized spacial score (nSPS) is 13.5. The summed E-state index contributed by atoms with van der Waals surface area (Å²) in [6, 6.07) is 11.3. The van der Waals surface area contributed by atoms with Crippen LogP contribution < -0.4 is 5.32 Å². The summed E-state index contributed by atoms with van der Waals surface area (Å²) in [6.45, 7) is 10.4. The average Bonchev–Trinajstić information content (AvgIpc) is 2.41. The first-order valence-corrected chi connectivity index (χ1v) is 7.87. The van der Waals surface area contributed by atoms with Crippen molar-refractivity contribution >= 4 is 0 Å². The fraction of sp³-hybridized carbons (Fsp3) is 0.667. The van der Waals surface area contributed by atoms with Crippen LogP contribution in [0.25, 0.3) is 0 Å². The summed E-state index contributed by atoms with van der Waals surface area (Å²) < 4.78 is 0. The van der Waals surface area contributed by atoms with E-state index in [0.717, 1.165) is 13.0 Å². The lowest BCUT2D eigenvalue weighted by atomic mass is 9.86. The number of unbranched alkanes of at least 4 members (excludes halogenated alkanes) is 2. The summed E-state index contributed by atoms with van der Waals surface area (Å²) in [5.41, 5.74) is 1.81. The molecule has 1 rings (SSSR count). The van der Waals surface area contributed by atoms with Crippen molar-refractivity contribution in [3.05, 3.63) is 35.9 Å². The van der Waals surface area contributed by atoms with E-state index in [9.17, 15) is 0 Å². The molecule has 0 bridgehead atoms. The molecule has 1 N–H and O–H groups in total. The van der Waals surface area contributed by atoms with Gasteiger partial charge >= 0.3 is 0 Å². The third-order valence-electron chi connectivity index (χ3n) is 3.89. The van der Waals surface area contributed by atoms with E-state index in [1.165, 1.54) is 31.2 Å². The molecule has 0 fully saturated rings. The van der Waals surface area contributed by atoms with E-state index < -0.39 is 0 Å². The molecule has 1 atom stereocenters. The van der Waals surface area contributed by atoms with Crippen molar-refractivity contribution < 1.29 is 0 Å². The monoisotopic (exact) mass is 261 g/mol. The van der Waals surface area contributed by atoms with Crippen LogP contribution in [-0.2, 0) is 0 Å². The van der Waals surface area contributed by atoms with Crippen LogP contribution in [0.3, 0.4) is 0 Å². The quantitative estimate of drug-likeness (QED) is 0.592. The van der Waals surface area contributed by atoms with Gasteiger partial charge in [-0.2, -0.15) is 0 Å². The third kappa shape index (κ3) is 6.24. The Balaban J connectivity index is 2.44. The smallest absolute Gasteiger partial charge is 0.0317 e. The zero-order chi connectivity index (χ0) is 14.1. The summed E-state index contributed by atoms with van der Waals surface area (Å²) in [7, 11) is 0. The van der Waals surface area contributed by atoms with Gasteiger partial charge in [0.15, 0.2) is 0 Å². The van der Waals surface area contributed by atoms with E-state index in [0.29, 0.717) is 11.5 Å². The average molecular weight is 261 g/mol. The molecule has 0 amide bonds. The van der Waals surface area contributed by atoms with E-state index in [-0.39, 0.29) is 0 Å². The predicted octanol–water partition coefficient (Wildman–Crippen LogP) is 5.33. The highest BCUT2D eigenvalue weighted by Crippen LogP contribution is 2.25. The minimum atomic E-state index is 0.400. The lowest BCUT2D eigenvalue weighted by Crippen LogP contribution is -2.32. The molecule has 0 heterocycles. The molecule has 0 radical (unpaired) electrons. The summed E-state index contributed by atoms with van der Waals surface area (Å²) >= 11 is 0. The van der Waals surface area contributed by atoms with Crippen molar-refractivity contribution in [1.29, 1.82) is 0 Å². The Kier molecular flexibility index (Phi) is 7.15. The van der Waals surface area contributed by atoms with Gasteiger partial charge in [0, 0.05) is 12.6 Å². The van der Waals surface area contributed by atoms with Gasteiger partial charge in [0.25, 0.3) is 0 Å². The fourth-order valence-corrected chi connectivity index (χ4v) is 2.52. The number of benzene rings is 1. The van der Waals surface area contributed by atoms with Crippen LogP contribution in [0, 0.1) is 5.41 Å². The molecule has 1 unspecified atom stereocenters. The molecule has 0 aliphatic rings. The van der Waals surface area contributed by atoms with E-state index >= 15 is 0 Å². The summed E-state index contributed by atoms with van der Waals surface area (Å²) in [5, 5.41) is 3.75. The van der Waals surface area contributed by atoms with Crippen molar-refractivity contribution in [2.24, 2.45) is 5.41 Å². The summed E-state index contributed by atoms with van der Waals surface area (Å²) in [5.74, 6) is 0. The van der Waals surface area contributed by atoms with E-state index in [2.05, 4.69) is 63.3 Å². The Labute approximate surface area is 119 Å². The van der Waals surface area contributed by atoms with Crippen molar-refractivity contribution in [2.75, 3.05) is 6.54 Å². The van der Waals surface area contributed by atoms with Gasteiger partial charge in [0.05, 0.1) is 0 Å². The Morgan fingerprint density at radius 3 is 2.32 bits per heavy atom. The number of hydrogen-bond acceptors (Lipinski definition) is 1. The molecule has 0 saturated heterocycles. The van der Waals surface area contributed by atoms with Crippen LogP contribution >= 0.6 is 0 Å². The van der Waals surface area contributed by atoms with Gasteiger partial charge in [-0.05, 0) is 23.8 Å². The fourth-order valence-electron chi connectivity index (χ4n) is 2.52. The van der Waals surface area contributed by atoms with Crippen LogP contribution in [-0.4, -0.2) is 6.54 Å². The highest BCUT2D eigenvalue weighted by Gasteiger charge is 2.19. The second-order valence-corrected chi connectivity index (χ2v) is 6.37. The van der Waals surface area contributed by atoms with E-state index in [4.69, 9.17) is 0 Å². The van der Waals surface area contributed by atoms with Gasteiger partial charge in [-0.25, -0.2) is 0 Å². The first kappa shape index (κ1) is 16.2. The molecule has 0 saturated carbocycles. The molecule has 108 valence electrons. The molecule has 0 aliphatic heterocycles. The highest BCUT2D eigenvalue weighted by atomic mass is 14.9. The SMILES string of the molecule is CCCCCC(C)(C)CNC(CC)c1ccccc1. The lowest BCUT2D eigenvalue weighted by Gasteiger charge is -2.28. The van der Waals surface area contributed by atoms with E-state index in [1.54, 1.807) is 0 Å². The first-order valence-electron chi connectivity index (χ1n) is 7.87. The molecular formula is C18H31N. The maximum Gasteiger partial charge on any atom is 0.0317 e. The standard InChI is InChI=1S/C18H31N/c1-5-7-11-14-18(3,4)15-19-17(6-2)16-12-9-8-10-13-16/h8-10,12-13,17,19H,5-7,11,14-15H2,1-4H3. The molecule has 0 aliphatic carbocycles. The largest absolute Gasteiger partial charge is 0.309 e. The Morgan fingerprint density at radius 1 is 1.05 bits per heavy atom. The van der Waals surface area contributed by atoms with Crippen molar-refractivity contribution in [1.82, 2.24) is 5.32 Å². The summed E-state index contributed by atoms with van der Waals surface area (Å²) in [6.07, 6.45) is 6.49. The molecule has 0 aromatic heterocycles. The maximum atomic E-state index is 3.75.